The van der Waals surface area contributed by atoms with E-state index in [0.29, 0.717) is 22.8 Å². The maximum absolute atomic E-state index is 11.9. The van der Waals surface area contributed by atoms with Crippen molar-refractivity contribution in [3.63, 3.8) is 0 Å². The van der Waals surface area contributed by atoms with Gasteiger partial charge in [0.2, 0.25) is 0 Å². The third-order valence-electron chi connectivity index (χ3n) is 2.62. The van der Waals surface area contributed by atoms with Crippen LogP contribution in [-0.2, 0) is 13.6 Å². The second kappa shape index (κ2) is 5.10. The van der Waals surface area contributed by atoms with E-state index in [1.807, 2.05) is 13.1 Å². The molecule has 1 aromatic carbocycles. The highest BCUT2D eigenvalue weighted by Gasteiger charge is 2.08. The van der Waals surface area contributed by atoms with Crippen LogP contribution in [0.2, 0.25) is 5.02 Å². The van der Waals surface area contributed by atoms with Gasteiger partial charge in [-0.05, 0) is 24.3 Å². The summed E-state index contributed by atoms with van der Waals surface area (Å²) >= 11 is 5.86. The van der Waals surface area contributed by atoms with E-state index in [9.17, 15) is 4.79 Å². The van der Waals surface area contributed by atoms with Gasteiger partial charge in [-0.3, -0.25) is 9.48 Å². The Morgan fingerprint density at radius 1 is 1.50 bits per heavy atom. The first-order valence-corrected chi connectivity index (χ1v) is 5.76. The van der Waals surface area contributed by atoms with Gasteiger partial charge in [0.15, 0.2) is 0 Å². The van der Waals surface area contributed by atoms with E-state index in [0.717, 1.165) is 5.69 Å². The minimum Gasteiger partial charge on any atom is -0.398 e. The molecule has 0 aliphatic carbocycles. The molecule has 0 bridgehead atoms. The maximum atomic E-state index is 11.9. The summed E-state index contributed by atoms with van der Waals surface area (Å²) < 4.78 is 1.70. The molecule has 0 aliphatic heterocycles. The van der Waals surface area contributed by atoms with Crippen LogP contribution in [0, 0.1) is 0 Å². The van der Waals surface area contributed by atoms with Gasteiger partial charge in [0.05, 0.1) is 22.9 Å². The maximum Gasteiger partial charge on any atom is 0.251 e. The summed E-state index contributed by atoms with van der Waals surface area (Å²) in [5.74, 6) is -0.196. The van der Waals surface area contributed by atoms with Crippen LogP contribution in [0.4, 0.5) is 5.69 Å². The Hall–Kier alpha value is -2.01. The number of benzene rings is 1. The summed E-state index contributed by atoms with van der Waals surface area (Å²) in [5, 5.41) is 7.19. The van der Waals surface area contributed by atoms with Crippen LogP contribution >= 0.6 is 11.6 Å². The van der Waals surface area contributed by atoms with Crippen LogP contribution in [0.3, 0.4) is 0 Å². The third-order valence-corrected chi connectivity index (χ3v) is 2.94. The number of nitrogens with zero attached hydrogens (tertiary/aromatic N) is 2. The summed E-state index contributed by atoms with van der Waals surface area (Å²) in [6, 6.07) is 6.65. The predicted octanol–water partition coefficient (Wildman–Crippen LogP) is 1.59. The minimum absolute atomic E-state index is 0.196. The van der Waals surface area contributed by atoms with E-state index < -0.39 is 0 Å². The molecule has 94 valence electrons. The molecule has 0 saturated carbocycles. The number of nitrogens with one attached hydrogen (secondary N) is 1. The van der Waals surface area contributed by atoms with Crippen molar-refractivity contribution in [3.05, 3.63) is 46.7 Å². The van der Waals surface area contributed by atoms with Crippen LogP contribution in [0.15, 0.2) is 30.5 Å². The lowest BCUT2D eigenvalue weighted by molar-refractivity contribution is 0.0950. The first kappa shape index (κ1) is 12.4. The zero-order valence-electron chi connectivity index (χ0n) is 9.85. The van der Waals surface area contributed by atoms with Crippen molar-refractivity contribution in [2.45, 2.75) is 6.54 Å². The summed E-state index contributed by atoms with van der Waals surface area (Å²) in [6.07, 6.45) is 1.68. The highest BCUT2D eigenvalue weighted by atomic mass is 35.5. The summed E-state index contributed by atoms with van der Waals surface area (Å²) in [4.78, 5) is 11.9. The van der Waals surface area contributed by atoms with Gasteiger partial charge < -0.3 is 11.1 Å². The Kier molecular flexibility index (Phi) is 3.53. The second-order valence-electron chi connectivity index (χ2n) is 3.87. The van der Waals surface area contributed by atoms with E-state index in [1.54, 1.807) is 29.1 Å². The Morgan fingerprint density at radius 2 is 2.28 bits per heavy atom. The number of aryl methyl sites for hydroxylation is 1. The number of nitrogens with two attached hydrogens (primary N) is 1. The number of carbonyl (C=O) groups is 1. The Bertz CT molecular complexity index is 579. The minimum atomic E-state index is -0.196. The largest absolute Gasteiger partial charge is 0.398 e. The quantitative estimate of drug-likeness (QED) is 0.827. The zero-order valence-corrected chi connectivity index (χ0v) is 10.6. The molecule has 0 radical (unpaired) electrons. The van der Waals surface area contributed by atoms with Crippen molar-refractivity contribution in [2.24, 2.45) is 7.05 Å². The standard InChI is InChI=1S/C12H13ClN4O/c1-17-9(4-5-16-17)7-15-12(18)8-2-3-11(14)10(13)6-8/h2-6H,7,14H2,1H3,(H,15,18). The molecule has 0 fully saturated rings. The van der Waals surface area contributed by atoms with Crippen molar-refractivity contribution in [3.8, 4) is 0 Å². The van der Waals surface area contributed by atoms with Gasteiger partial charge >= 0.3 is 0 Å². The van der Waals surface area contributed by atoms with Gasteiger partial charge in [-0.1, -0.05) is 11.6 Å². The normalized spacial score (nSPS) is 10.3. The van der Waals surface area contributed by atoms with Gasteiger partial charge in [-0.2, -0.15) is 5.10 Å². The van der Waals surface area contributed by atoms with Crippen molar-refractivity contribution < 1.29 is 4.79 Å². The Balaban J connectivity index is 2.04. The fraction of sp³-hybridized carbons (Fsp3) is 0.167. The molecule has 5 nitrogen and oxygen atoms in total. The molecule has 0 atom stereocenters. The number of amides is 1. The summed E-state index contributed by atoms with van der Waals surface area (Å²) in [5.41, 5.74) is 7.45. The molecule has 1 amide bonds. The molecule has 0 unspecified atom stereocenters. The average molecular weight is 265 g/mol. The molecule has 0 saturated heterocycles. The Morgan fingerprint density at radius 3 is 2.89 bits per heavy atom. The van der Waals surface area contributed by atoms with Gasteiger partial charge in [0.1, 0.15) is 0 Å². The number of halogens is 1. The molecule has 18 heavy (non-hydrogen) atoms. The smallest absolute Gasteiger partial charge is 0.251 e. The van der Waals surface area contributed by atoms with E-state index in [1.165, 1.54) is 0 Å². The van der Waals surface area contributed by atoms with E-state index >= 15 is 0 Å². The first-order valence-electron chi connectivity index (χ1n) is 5.38. The molecule has 6 heteroatoms. The second-order valence-corrected chi connectivity index (χ2v) is 4.27. The number of anilines is 1. The van der Waals surface area contributed by atoms with Crippen LogP contribution in [0.5, 0.6) is 0 Å². The lowest BCUT2D eigenvalue weighted by Gasteiger charge is -2.06. The van der Waals surface area contributed by atoms with Gasteiger partial charge in [-0.15, -0.1) is 0 Å². The van der Waals surface area contributed by atoms with Crippen molar-refractivity contribution in [2.75, 3.05) is 5.73 Å². The van der Waals surface area contributed by atoms with E-state index in [2.05, 4.69) is 10.4 Å². The van der Waals surface area contributed by atoms with Crippen LogP contribution in [-0.4, -0.2) is 15.7 Å². The zero-order chi connectivity index (χ0) is 13.1. The molecule has 2 rings (SSSR count). The SMILES string of the molecule is Cn1nccc1CNC(=O)c1ccc(N)c(Cl)c1. The molecular formula is C12H13ClN4O. The number of hydrogen-bond donors (Lipinski definition) is 2. The van der Waals surface area contributed by atoms with Gasteiger partial charge in [0.25, 0.3) is 5.91 Å². The molecule has 0 spiro atoms. The average Bonchev–Trinajstić information content (AvgIpc) is 2.75. The van der Waals surface area contributed by atoms with Crippen LogP contribution in [0.25, 0.3) is 0 Å². The molecule has 1 aromatic heterocycles. The third kappa shape index (κ3) is 2.62. The predicted molar refractivity (Wildman–Crippen MR) is 70.2 cm³/mol. The van der Waals surface area contributed by atoms with Gasteiger partial charge in [-0.25, -0.2) is 0 Å². The van der Waals surface area contributed by atoms with Gasteiger partial charge in [0, 0.05) is 18.8 Å². The lowest BCUT2D eigenvalue weighted by atomic mass is 10.2. The fourth-order valence-corrected chi connectivity index (χ4v) is 1.70. The molecule has 1 heterocycles. The molecule has 3 N–H and O–H groups in total. The highest BCUT2D eigenvalue weighted by Crippen LogP contribution is 2.19. The van der Waals surface area contributed by atoms with Crippen LogP contribution < -0.4 is 11.1 Å². The van der Waals surface area contributed by atoms with E-state index in [4.69, 9.17) is 17.3 Å². The first-order chi connectivity index (χ1) is 8.58. The number of nitrogen functional groups attached to an aromatic ring is 1. The number of aromatic nitrogens is 2. The van der Waals surface area contributed by atoms with E-state index in [-0.39, 0.29) is 5.91 Å². The number of rotatable bonds is 3. The monoisotopic (exact) mass is 264 g/mol. The van der Waals surface area contributed by atoms with Crippen molar-refractivity contribution >= 4 is 23.2 Å². The van der Waals surface area contributed by atoms with Crippen LogP contribution in [0.1, 0.15) is 16.1 Å². The fourth-order valence-electron chi connectivity index (χ4n) is 1.52. The summed E-state index contributed by atoms with van der Waals surface area (Å²) in [7, 11) is 1.82. The summed E-state index contributed by atoms with van der Waals surface area (Å²) in [6.45, 7) is 0.414. The highest BCUT2D eigenvalue weighted by molar-refractivity contribution is 6.33. The number of hydrogen-bond acceptors (Lipinski definition) is 3. The number of carbonyl (C=O) groups excluding carboxylic acids is 1. The lowest BCUT2D eigenvalue weighted by Crippen LogP contribution is -2.24. The Labute approximate surface area is 110 Å². The molecular weight excluding hydrogens is 252 g/mol. The topological polar surface area (TPSA) is 72.9 Å². The van der Waals surface area contributed by atoms with Crippen molar-refractivity contribution in [1.82, 2.24) is 15.1 Å². The molecule has 0 aliphatic rings. The molecule has 2 aromatic rings. The van der Waals surface area contributed by atoms with Crippen molar-refractivity contribution in [1.29, 1.82) is 0 Å².